The summed E-state index contributed by atoms with van der Waals surface area (Å²) in [5.41, 5.74) is 0.973. The van der Waals surface area contributed by atoms with Crippen molar-refractivity contribution in [2.45, 2.75) is 26.2 Å². The van der Waals surface area contributed by atoms with Crippen LogP contribution in [0.2, 0.25) is 0 Å². The van der Waals surface area contributed by atoms with Crippen LogP contribution in [0.1, 0.15) is 35.2 Å². The molecule has 0 saturated heterocycles. The zero-order valence-electron chi connectivity index (χ0n) is 11.1. The van der Waals surface area contributed by atoms with Crippen LogP contribution in [0.25, 0.3) is 0 Å². The number of ether oxygens (including phenoxy) is 2. The molecule has 1 heterocycles. The first-order valence-electron chi connectivity index (χ1n) is 6.72. The van der Waals surface area contributed by atoms with Crippen LogP contribution in [0, 0.1) is 12.3 Å². The highest BCUT2D eigenvalue weighted by atomic mass is 16.6. The molecule has 0 unspecified atom stereocenters. The van der Waals surface area contributed by atoms with Gasteiger partial charge < -0.3 is 14.6 Å². The Morgan fingerprint density at radius 3 is 2.42 bits per heavy atom. The molecule has 1 fully saturated rings. The number of hydrogen-bond donors (Lipinski definition) is 1. The fourth-order valence-corrected chi connectivity index (χ4v) is 2.78. The topological polar surface area (TPSA) is 55.8 Å². The summed E-state index contributed by atoms with van der Waals surface area (Å²) in [6.45, 7) is 2.88. The number of fused-ring (bicyclic) bond motifs is 1. The van der Waals surface area contributed by atoms with E-state index in [1.54, 1.807) is 6.07 Å². The summed E-state index contributed by atoms with van der Waals surface area (Å²) in [6, 6.07) is 3.62. The predicted molar refractivity (Wildman–Crippen MR) is 69.9 cm³/mol. The second kappa shape index (κ2) is 4.53. The van der Waals surface area contributed by atoms with E-state index in [2.05, 4.69) is 0 Å². The first kappa shape index (κ1) is 12.5. The molecule has 4 nitrogen and oxygen atoms in total. The number of Topliss-reactive ketones (excluding diaryl/α,β-unsaturated/α-hetero) is 1. The first-order chi connectivity index (χ1) is 9.16. The molecule has 3 rings (SSSR count). The Morgan fingerprint density at radius 1 is 1.26 bits per heavy atom. The van der Waals surface area contributed by atoms with Crippen molar-refractivity contribution in [1.29, 1.82) is 0 Å². The second-order valence-corrected chi connectivity index (χ2v) is 5.43. The number of carbonyl (C=O) groups excluding carboxylic acids is 1. The highest BCUT2D eigenvalue weighted by molar-refractivity contribution is 6.03. The summed E-state index contributed by atoms with van der Waals surface area (Å²) in [7, 11) is 0. The van der Waals surface area contributed by atoms with Crippen molar-refractivity contribution in [3.63, 3.8) is 0 Å². The average molecular weight is 262 g/mol. The Balaban J connectivity index is 1.98. The van der Waals surface area contributed by atoms with Crippen molar-refractivity contribution in [3.8, 4) is 11.5 Å². The minimum atomic E-state index is -0.561. The third kappa shape index (κ3) is 1.91. The van der Waals surface area contributed by atoms with Gasteiger partial charge in [0.25, 0.3) is 0 Å². The van der Waals surface area contributed by atoms with Gasteiger partial charge in [-0.1, -0.05) is 6.42 Å². The Labute approximate surface area is 112 Å². The average Bonchev–Trinajstić information content (AvgIpc) is 2.37. The van der Waals surface area contributed by atoms with E-state index < -0.39 is 5.41 Å². The number of ketones is 1. The standard InChI is InChI=1S/C15H18O4/c1-10-7-12-13(19-6-5-18-12)8-11(10)14(17)15(9-16)3-2-4-15/h7-8,16H,2-6,9H2,1H3. The van der Waals surface area contributed by atoms with Crippen LogP contribution in [0.3, 0.4) is 0 Å². The van der Waals surface area contributed by atoms with Crippen molar-refractivity contribution in [3.05, 3.63) is 23.3 Å². The minimum absolute atomic E-state index is 0.0377. The molecule has 0 spiro atoms. The van der Waals surface area contributed by atoms with Crippen LogP contribution in [0.5, 0.6) is 11.5 Å². The molecule has 0 atom stereocenters. The van der Waals surface area contributed by atoms with E-state index in [4.69, 9.17) is 9.47 Å². The van der Waals surface area contributed by atoms with Gasteiger partial charge >= 0.3 is 0 Å². The maximum atomic E-state index is 12.6. The lowest BCUT2D eigenvalue weighted by Crippen LogP contribution is -2.41. The lowest BCUT2D eigenvalue weighted by atomic mass is 9.65. The van der Waals surface area contributed by atoms with Crippen LogP contribution in [-0.2, 0) is 0 Å². The van der Waals surface area contributed by atoms with Crippen molar-refractivity contribution in [1.82, 2.24) is 0 Å². The zero-order valence-corrected chi connectivity index (χ0v) is 11.1. The van der Waals surface area contributed by atoms with E-state index in [9.17, 15) is 9.90 Å². The summed E-state index contributed by atoms with van der Waals surface area (Å²) in [6.07, 6.45) is 2.56. The molecular formula is C15H18O4. The van der Waals surface area contributed by atoms with Gasteiger partial charge in [-0.05, 0) is 37.5 Å². The molecule has 2 aliphatic rings. The van der Waals surface area contributed by atoms with Crippen LogP contribution >= 0.6 is 0 Å². The van der Waals surface area contributed by atoms with Crippen LogP contribution in [0.4, 0.5) is 0 Å². The number of carbonyl (C=O) groups is 1. The smallest absolute Gasteiger partial charge is 0.171 e. The summed E-state index contributed by atoms with van der Waals surface area (Å²) in [4.78, 5) is 12.6. The zero-order chi connectivity index (χ0) is 13.5. The van der Waals surface area contributed by atoms with E-state index in [1.165, 1.54) is 0 Å². The monoisotopic (exact) mass is 262 g/mol. The normalized spacial score (nSPS) is 19.7. The molecule has 1 aliphatic carbocycles. The van der Waals surface area contributed by atoms with Gasteiger partial charge in [-0.3, -0.25) is 4.79 Å². The fourth-order valence-electron chi connectivity index (χ4n) is 2.78. The number of rotatable bonds is 3. The molecule has 0 radical (unpaired) electrons. The molecule has 1 aromatic carbocycles. The Bertz CT molecular complexity index is 512. The molecule has 0 aromatic heterocycles. The maximum Gasteiger partial charge on any atom is 0.171 e. The molecule has 4 heteroatoms. The summed E-state index contributed by atoms with van der Waals surface area (Å²) < 4.78 is 11.0. The Morgan fingerprint density at radius 2 is 1.89 bits per heavy atom. The Kier molecular flexibility index (Phi) is 2.97. The van der Waals surface area contributed by atoms with Gasteiger partial charge in [0, 0.05) is 5.56 Å². The number of aryl methyl sites for hydroxylation is 1. The molecular weight excluding hydrogens is 244 g/mol. The highest BCUT2D eigenvalue weighted by Gasteiger charge is 2.44. The third-order valence-corrected chi connectivity index (χ3v) is 4.23. The van der Waals surface area contributed by atoms with Crippen LogP contribution < -0.4 is 9.47 Å². The molecule has 0 amide bonds. The van der Waals surface area contributed by atoms with Crippen molar-refractivity contribution in [2.24, 2.45) is 5.41 Å². The number of aliphatic hydroxyl groups excluding tert-OH is 1. The quantitative estimate of drug-likeness (QED) is 0.848. The van der Waals surface area contributed by atoms with Crippen LogP contribution in [0.15, 0.2) is 12.1 Å². The van der Waals surface area contributed by atoms with E-state index >= 15 is 0 Å². The van der Waals surface area contributed by atoms with Crippen molar-refractivity contribution in [2.75, 3.05) is 19.8 Å². The third-order valence-electron chi connectivity index (χ3n) is 4.23. The fraction of sp³-hybridized carbons (Fsp3) is 0.533. The van der Waals surface area contributed by atoms with Gasteiger partial charge in [0.15, 0.2) is 17.3 Å². The molecule has 1 N–H and O–H groups in total. The SMILES string of the molecule is Cc1cc2c(cc1C(=O)C1(CO)CCC1)OCCO2. The highest BCUT2D eigenvalue weighted by Crippen LogP contribution is 2.45. The van der Waals surface area contributed by atoms with Crippen molar-refractivity contribution >= 4 is 5.78 Å². The maximum absolute atomic E-state index is 12.6. The summed E-state index contributed by atoms with van der Waals surface area (Å²) in [5, 5.41) is 9.52. The summed E-state index contributed by atoms with van der Waals surface area (Å²) >= 11 is 0. The van der Waals surface area contributed by atoms with E-state index in [0.717, 1.165) is 24.8 Å². The minimum Gasteiger partial charge on any atom is -0.486 e. The molecule has 102 valence electrons. The molecule has 1 saturated carbocycles. The second-order valence-electron chi connectivity index (χ2n) is 5.43. The number of aliphatic hydroxyl groups is 1. The van der Waals surface area contributed by atoms with Gasteiger partial charge in [0.1, 0.15) is 13.2 Å². The van der Waals surface area contributed by atoms with Gasteiger partial charge in [0.05, 0.1) is 12.0 Å². The Hall–Kier alpha value is -1.55. The summed E-state index contributed by atoms with van der Waals surface area (Å²) in [5.74, 6) is 1.37. The van der Waals surface area contributed by atoms with Gasteiger partial charge in [-0.25, -0.2) is 0 Å². The molecule has 1 aliphatic heterocycles. The van der Waals surface area contributed by atoms with Gasteiger partial charge in [-0.2, -0.15) is 0 Å². The first-order valence-corrected chi connectivity index (χ1v) is 6.72. The largest absolute Gasteiger partial charge is 0.486 e. The van der Waals surface area contributed by atoms with Gasteiger partial charge in [-0.15, -0.1) is 0 Å². The van der Waals surface area contributed by atoms with E-state index in [1.807, 2.05) is 13.0 Å². The molecule has 1 aromatic rings. The van der Waals surface area contributed by atoms with E-state index in [-0.39, 0.29) is 12.4 Å². The molecule has 19 heavy (non-hydrogen) atoms. The molecule has 0 bridgehead atoms. The van der Waals surface area contributed by atoms with Crippen molar-refractivity contribution < 1.29 is 19.4 Å². The number of benzene rings is 1. The lowest BCUT2D eigenvalue weighted by molar-refractivity contribution is 0.0346. The lowest BCUT2D eigenvalue weighted by Gasteiger charge is -2.39. The predicted octanol–water partition coefficient (Wildman–Crippen LogP) is 2.11. The van der Waals surface area contributed by atoms with Crippen LogP contribution in [-0.4, -0.2) is 30.7 Å². The van der Waals surface area contributed by atoms with Gasteiger partial charge in [0.2, 0.25) is 0 Å². The number of hydrogen-bond acceptors (Lipinski definition) is 4. The van der Waals surface area contributed by atoms with E-state index in [0.29, 0.717) is 30.3 Å².